The lowest BCUT2D eigenvalue weighted by molar-refractivity contribution is 0.104. The second-order valence-corrected chi connectivity index (χ2v) is 6.87. The molecule has 5 heteroatoms. The van der Waals surface area contributed by atoms with Gasteiger partial charge in [0, 0.05) is 9.75 Å². The van der Waals surface area contributed by atoms with Crippen molar-refractivity contribution in [3.05, 3.63) is 51.5 Å². The van der Waals surface area contributed by atoms with Crippen LogP contribution in [-0.4, -0.2) is 12.9 Å². The third-order valence-electron chi connectivity index (χ3n) is 2.60. The van der Waals surface area contributed by atoms with E-state index in [0.717, 1.165) is 19.7 Å². The molecule has 96 valence electrons. The molecule has 0 spiro atoms. The van der Waals surface area contributed by atoms with Gasteiger partial charge in [-0.05, 0) is 35.7 Å². The number of hydrogen-bond donors (Lipinski definition) is 0. The number of carbonyl (C=O) groups is 1. The van der Waals surface area contributed by atoms with E-state index in [9.17, 15) is 4.79 Å². The minimum absolute atomic E-state index is 0.0705. The molecule has 0 fully saturated rings. The highest BCUT2D eigenvalue weighted by Crippen LogP contribution is 2.34. The highest BCUT2D eigenvalue weighted by Gasteiger charge is 2.15. The van der Waals surface area contributed by atoms with Crippen LogP contribution >= 0.6 is 34.0 Å². The molecule has 0 amide bonds. The summed E-state index contributed by atoms with van der Waals surface area (Å²) in [7, 11) is 1.61. The van der Waals surface area contributed by atoms with Gasteiger partial charge in [-0.3, -0.25) is 4.79 Å². The topological polar surface area (TPSA) is 26.3 Å². The number of ether oxygens (including phenoxy) is 1. The van der Waals surface area contributed by atoms with Gasteiger partial charge in [-0.25, -0.2) is 0 Å². The lowest BCUT2D eigenvalue weighted by Crippen LogP contribution is -1.93. The highest BCUT2D eigenvalue weighted by atomic mass is 32.1. The van der Waals surface area contributed by atoms with Crippen LogP contribution in [0.25, 0.3) is 9.75 Å². The molecule has 3 heterocycles. The second-order valence-electron chi connectivity index (χ2n) is 3.79. The molecular weight excluding hydrogens is 296 g/mol. The van der Waals surface area contributed by atoms with Crippen LogP contribution in [0.3, 0.4) is 0 Å². The van der Waals surface area contributed by atoms with E-state index in [2.05, 4.69) is 6.07 Å². The zero-order valence-corrected chi connectivity index (χ0v) is 12.5. The smallest absolute Gasteiger partial charge is 0.213 e. The van der Waals surface area contributed by atoms with E-state index in [0.29, 0.717) is 0 Å². The number of hydrogen-bond acceptors (Lipinski definition) is 5. The molecule has 19 heavy (non-hydrogen) atoms. The number of methoxy groups -OCH3 is 1. The summed E-state index contributed by atoms with van der Waals surface area (Å²) in [6, 6.07) is 11.6. The first kappa shape index (κ1) is 12.6. The summed E-state index contributed by atoms with van der Waals surface area (Å²) >= 11 is 4.60. The molecule has 2 nitrogen and oxygen atoms in total. The molecule has 0 saturated heterocycles. The Morgan fingerprint density at radius 1 is 1.00 bits per heavy atom. The minimum Gasteiger partial charge on any atom is -0.487 e. The maximum Gasteiger partial charge on any atom is 0.213 e. The maximum atomic E-state index is 12.3. The molecule has 3 aromatic heterocycles. The molecular formula is C14H10O2S3. The Hall–Kier alpha value is -1.43. The van der Waals surface area contributed by atoms with Gasteiger partial charge in [0.2, 0.25) is 5.78 Å². The van der Waals surface area contributed by atoms with E-state index in [-0.39, 0.29) is 5.78 Å². The van der Waals surface area contributed by atoms with Crippen molar-refractivity contribution < 1.29 is 9.53 Å². The summed E-state index contributed by atoms with van der Waals surface area (Å²) in [5.41, 5.74) is 0. The predicted molar refractivity (Wildman–Crippen MR) is 81.9 cm³/mol. The first-order chi connectivity index (χ1) is 9.28. The Bertz CT molecular complexity index is 692. The zero-order chi connectivity index (χ0) is 13.2. The van der Waals surface area contributed by atoms with Gasteiger partial charge in [-0.15, -0.1) is 22.7 Å². The van der Waals surface area contributed by atoms with Crippen molar-refractivity contribution in [3.63, 3.8) is 0 Å². The molecule has 0 atom stereocenters. The van der Waals surface area contributed by atoms with Gasteiger partial charge >= 0.3 is 0 Å². The fraction of sp³-hybridized carbons (Fsp3) is 0.0714. The Morgan fingerprint density at radius 3 is 2.47 bits per heavy atom. The molecule has 0 unspecified atom stereocenters. The molecule has 0 saturated carbocycles. The van der Waals surface area contributed by atoms with Crippen molar-refractivity contribution in [3.8, 4) is 14.8 Å². The largest absolute Gasteiger partial charge is 0.487 e. The molecule has 3 aromatic rings. The van der Waals surface area contributed by atoms with Crippen molar-refractivity contribution in [1.82, 2.24) is 0 Å². The van der Waals surface area contributed by atoms with Gasteiger partial charge in [0.1, 0.15) is 0 Å². The molecule has 0 aliphatic rings. The maximum absolute atomic E-state index is 12.3. The van der Waals surface area contributed by atoms with Crippen molar-refractivity contribution in [2.24, 2.45) is 0 Å². The van der Waals surface area contributed by atoms with Gasteiger partial charge in [-0.1, -0.05) is 17.4 Å². The molecule has 0 aromatic carbocycles. The van der Waals surface area contributed by atoms with Crippen molar-refractivity contribution in [2.75, 3.05) is 7.11 Å². The quantitative estimate of drug-likeness (QED) is 0.649. The van der Waals surface area contributed by atoms with Crippen LogP contribution in [0.5, 0.6) is 5.06 Å². The van der Waals surface area contributed by atoms with Gasteiger partial charge in [0.25, 0.3) is 0 Å². The normalized spacial score (nSPS) is 10.6. The number of ketones is 1. The molecule has 0 aliphatic carbocycles. The average Bonchev–Trinajstić information content (AvgIpc) is 3.16. The number of carbonyl (C=O) groups excluding carboxylic acids is 1. The summed E-state index contributed by atoms with van der Waals surface area (Å²) in [5.74, 6) is 0.0705. The molecule has 3 rings (SSSR count). The van der Waals surface area contributed by atoms with E-state index in [1.165, 1.54) is 27.6 Å². The fourth-order valence-corrected chi connectivity index (χ4v) is 4.32. The Morgan fingerprint density at radius 2 is 1.79 bits per heavy atom. The SMILES string of the molecule is COc1ccc(C(=O)c2ccc(-c3cccs3)s2)s1. The van der Waals surface area contributed by atoms with E-state index in [4.69, 9.17) is 4.74 Å². The van der Waals surface area contributed by atoms with E-state index in [1.54, 1.807) is 18.4 Å². The van der Waals surface area contributed by atoms with E-state index >= 15 is 0 Å². The van der Waals surface area contributed by atoms with E-state index < -0.39 is 0 Å². The highest BCUT2D eigenvalue weighted by molar-refractivity contribution is 7.23. The Kier molecular flexibility index (Phi) is 3.50. The van der Waals surface area contributed by atoms with Gasteiger partial charge in [0.15, 0.2) is 5.06 Å². The number of rotatable bonds is 4. The number of thiophene rings is 3. The van der Waals surface area contributed by atoms with Crippen molar-refractivity contribution in [2.45, 2.75) is 0 Å². The van der Waals surface area contributed by atoms with Crippen molar-refractivity contribution in [1.29, 1.82) is 0 Å². The van der Waals surface area contributed by atoms with Crippen LogP contribution in [-0.2, 0) is 0 Å². The predicted octanol–water partition coefficient (Wildman–Crippen LogP) is 4.78. The summed E-state index contributed by atoms with van der Waals surface area (Å²) in [6.45, 7) is 0. The first-order valence-electron chi connectivity index (χ1n) is 5.60. The first-order valence-corrected chi connectivity index (χ1v) is 8.11. The zero-order valence-electron chi connectivity index (χ0n) is 10.1. The third-order valence-corrected chi connectivity index (χ3v) is 5.80. The van der Waals surface area contributed by atoms with E-state index in [1.807, 2.05) is 35.7 Å². The third kappa shape index (κ3) is 2.49. The van der Waals surface area contributed by atoms with Crippen LogP contribution in [0.15, 0.2) is 41.8 Å². The summed E-state index contributed by atoms with van der Waals surface area (Å²) in [4.78, 5) is 16.2. The lowest BCUT2D eigenvalue weighted by Gasteiger charge is -1.93. The van der Waals surface area contributed by atoms with Crippen LogP contribution < -0.4 is 4.74 Å². The lowest BCUT2D eigenvalue weighted by atomic mass is 10.2. The van der Waals surface area contributed by atoms with Crippen LogP contribution in [0.4, 0.5) is 0 Å². The van der Waals surface area contributed by atoms with Crippen LogP contribution in [0.1, 0.15) is 14.5 Å². The molecule has 0 radical (unpaired) electrons. The monoisotopic (exact) mass is 306 g/mol. The van der Waals surface area contributed by atoms with Gasteiger partial charge < -0.3 is 4.74 Å². The Labute approximate surface area is 122 Å². The van der Waals surface area contributed by atoms with Gasteiger partial charge in [-0.2, -0.15) is 0 Å². The fourth-order valence-electron chi connectivity index (χ4n) is 1.68. The standard InChI is InChI=1S/C14H10O2S3/c1-16-13-7-6-12(19-13)14(15)11-5-4-10(18-11)9-3-2-8-17-9/h2-8H,1H3. The molecule has 0 bridgehead atoms. The Balaban J connectivity index is 1.88. The van der Waals surface area contributed by atoms with Gasteiger partial charge in [0.05, 0.1) is 16.9 Å². The van der Waals surface area contributed by atoms with Crippen molar-refractivity contribution >= 4 is 39.8 Å². The summed E-state index contributed by atoms with van der Waals surface area (Å²) < 4.78 is 5.12. The second kappa shape index (κ2) is 5.28. The molecule has 0 N–H and O–H groups in total. The minimum atomic E-state index is 0.0705. The summed E-state index contributed by atoms with van der Waals surface area (Å²) in [6.07, 6.45) is 0. The summed E-state index contributed by atoms with van der Waals surface area (Å²) in [5, 5.41) is 2.80. The average molecular weight is 306 g/mol. The van der Waals surface area contributed by atoms with Crippen LogP contribution in [0.2, 0.25) is 0 Å². The molecule has 0 aliphatic heterocycles. The van der Waals surface area contributed by atoms with Crippen LogP contribution in [0, 0.1) is 0 Å².